The van der Waals surface area contributed by atoms with Gasteiger partial charge in [0.1, 0.15) is 0 Å². The Balaban J connectivity index is 2.42. The van der Waals surface area contributed by atoms with Gasteiger partial charge in [-0.25, -0.2) is 0 Å². The first kappa shape index (κ1) is 17.4. The maximum absolute atomic E-state index is 11.8. The van der Waals surface area contributed by atoms with Gasteiger partial charge in [-0.15, -0.1) is 0 Å². The van der Waals surface area contributed by atoms with E-state index in [0.717, 1.165) is 32.0 Å². The predicted molar refractivity (Wildman–Crippen MR) is 84.5 cm³/mol. The number of hydrogen-bond donors (Lipinski definition) is 2. The Morgan fingerprint density at radius 1 is 1.35 bits per heavy atom. The molecule has 1 amide bonds. The summed E-state index contributed by atoms with van der Waals surface area (Å²) in [7, 11) is 0. The van der Waals surface area contributed by atoms with Crippen LogP contribution >= 0.6 is 0 Å². The molecule has 1 rings (SSSR count). The van der Waals surface area contributed by atoms with E-state index >= 15 is 0 Å². The van der Waals surface area contributed by atoms with E-state index in [-0.39, 0.29) is 11.9 Å². The minimum atomic E-state index is 0.139. The second kappa shape index (κ2) is 7.99. The van der Waals surface area contributed by atoms with Crippen molar-refractivity contribution in [1.82, 2.24) is 10.2 Å². The first-order valence-electron chi connectivity index (χ1n) is 8.09. The van der Waals surface area contributed by atoms with Crippen LogP contribution in [0.15, 0.2) is 0 Å². The Hall–Kier alpha value is -0.610. The molecule has 1 heterocycles. The van der Waals surface area contributed by atoms with Crippen LogP contribution in [0.25, 0.3) is 0 Å². The lowest BCUT2D eigenvalue weighted by molar-refractivity contribution is -0.122. The summed E-state index contributed by atoms with van der Waals surface area (Å²) < 4.78 is 0. The summed E-state index contributed by atoms with van der Waals surface area (Å²) in [5.74, 6) is 0.923. The number of nitrogens with one attached hydrogen (secondary N) is 1. The number of carbonyl (C=O) groups is 1. The molecule has 4 heteroatoms. The van der Waals surface area contributed by atoms with Crippen molar-refractivity contribution >= 4 is 5.91 Å². The van der Waals surface area contributed by atoms with Crippen molar-refractivity contribution in [1.29, 1.82) is 0 Å². The number of nitrogens with zero attached hydrogens (tertiary/aromatic N) is 1. The number of rotatable bonds is 6. The van der Waals surface area contributed by atoms with Gasteiger partial charge in [-0.05, 0) is 43.7 Å². The van der Waals surface area contributed by atoms with Crippen LogP contribution in [-0.4, -0.2) is 43.0 Å². The number of piperidine rings is 1. The number of carbonyl (C=O) groups excluding carboxylic acids is 1. The van der Waals surface area contributed by atoms with Crippen LogP contribution in [0.3, 0.4) is 0 Å². The highest BCUT2D eigenvalue weighted by Crippen LogP contribution is 2.34. The second-order valence-electron chi connectivity index (χ2n) is 7.12. The minimum Gasteiger partial charge on any atom is -0.356 e. The van der Waals surface area contributed by atoms with Gasteiger partial charge in [0, 0.05) is 25.6 Å². The molecule has 1 fully saturated rings. The molecular weight excluding hydrogens is 250 g/mol. The number of hydrogen-bond acceptors (Lipinski definition) is 3. The summed E-state index contributed by atoms with van der Waals surface area (Å²) in [4.78, 5) is 14.3. The van der Waals surface area contributed by atoms with E-state index in [0.29, 0.717) is 18.4 Å². The molecule has 1 aliphatic rings. The summed E-state index contributed by atoms with van der Waals surface area (Å²) in [6, 6.07) is 0.202. The van der Waals surface area contributed by atoms with E-state index in [1.165, 1.54) is 12.8 Å². The van der Waals surface area contributed by atoms with Gasteiger partial charge in [0.05, 0.1) is 0 Å². The fourth-order valence-corrected chi connectivity index (χ4v) is 3.04. The zero-order valence-corrected chi connectivity index (χ0v) is 13.7. The highest BCUT2D eigenvalue weighted by atomic mass is 16.1. The van der Waals surface area contributed by atoms with Crippen molar-refractivity contribution in [2.24, 2.45) is 17.1 Å². The molecule has 1 unspecified atom stereocenters. The smallest absolute Gasteiger partial charge is 0.221 e. The molecule has 118 valence electrons. The Kier molecular flexibility index (Phi) is 6.96. The van der Waals surface area contributed by atoms with Crippen molar-refractivity contribution in [2.75, 3.05) is 26.2 Å². The fraction of sp³-hybridized carbons (Fsp3) is 0.938. The van der Waals surface area contributed by atoms with E-state index in [9.17, 15) is 4.79 Å². The molecule has 0 radical (unpaired) electrons. The van der Waals surface area contributed by atoms with Crippen LogP contribution in [0.2, 0.25) is 0 Å². The standard InChI is InChI=1S/C16H33N3O/c1-5-8-18-15(20)11-14(12-17)19-9-6-13(7-10-19)16(2,3)4/h13-14H,5-12,17H2,1-4H3,(H,18,20). The van der Waals surface area contributed by atoms with Crippen molar-refractivity contribution < 1.29 is 4.79 Å². The summed E-state index contributed by atoms with van der Waals surface area (Å²) in [6.07, 6.45) is 3.96. The number of nitrogens with two attached hydrogens (primary N) is 1. The van der Waals surface area contributed by atoms with Gasteiger partial charge in [0.2, 0.25) is 5.91 Å². The second-order valence-corrected chi connectivity index (χ2v) is 7.12. The van der Waals surface area contributed by atoms with Crippen molar-refractivity contribution in [3.8, 4) is 0 Å². The van der Waals surface area contributed by atoms with Gasteiger partial charge in [-0.3, -0.25) is 9.69 Å². The normalized spacial score (nSPS) is 19.9. The van der Waals surface area contributed by atoms with Crippen LogP contribution in [0.1, 0.15) is 53.4 Å². The van der Waals surface area contributed by atoms with Gasteiger partial charge in [0.25, 0.3) is 0 Å². The van der Waals surface area contributed by atoms with Gasteiger partial charge in [0.15, 0.2) is 0 Å². The summed E-state index contributed by atoms with van der Waals surface area (Å²) in [6.45, 7) is 12.5. The molecule has 1 aliphatic heterocycles. The predicted octanol–water partition coefficient (Wildman–Crippen LogP) is 1.99. The maximum atomic E-state index is 11.8. The Morgan fingerprint density at radius 3 is 2.40 bits per heavy atom. The molecule has 3 N–H and O–H groups in total. The zero-order valence-electron chi connectivity index (χ0n) is 13.7. The molecule has 1 saturated heterocycles. The largest absolute Gasteiger partial charge is 0.356 e. The van der Waals surface area contributed by atoms with E-state index in [4.69, 9.17) is 5.73 Å². The highest BCUT2D eigenvalue weighted by molar-refractivity contribution is 5.76. The molecular formula is C16H33N3O. The lowest BCUT2D eigenvalue weighted by Gasteiger charge is -2.41. The first-order valence-corrected chi connectivity index (χ1v) is 8.09. The first-order chi connectivity index (χ1) is 9.38. The van der Waals surface area contributed by atoms with Crippen LogP contribution in [-0.2, 0) is 4.79 Å². The van der Waals surface area contributed by atoms with Crippen molar-refractivity contribution in [3.63, 3.8) is 0 Å². The number of amides is 1. The zero-order chi connectivity index (χ0) is 15.2. The Labute approximate surface area is 124 Å². The van der Waals surface area contributed by atoms with Gasteiger partial charge >= 0.3 is 0 Å². The monoisotopic (exact) mass is 283 g/mol. The lowest BCUT2D eigenvalue weighted by atomic mass is 9.75. The van der Waals surface area contributed by atoms with Gasteiger partial charge < -0.3 is 11.1 Å². The van der Waals surface area contributed by atoms with E-state index in [2.05, 4.69) is 37.9 Å². The Morgan fingerprint density at radius 2 is 1.95 bits per heavy atom. The molecule has 0 saturated carbocycles. The average molecular weight is 283 g/mol. The van der Waals surface area contributed by atoms with Crippen LogP contribution < -0.4 is 11.1 Å². The molecule has 0 aromatic rings. The molecule has 4 nitrogen and oxygen atoms in total. The summed E-state index contributed by atoms with van der Waals surface area (Å²) in [5, 5.41) is 2.95. The molecule has 0 aromatic heterocycles. The van der Waals surface area contributed by atoms with Crippen LogP contribution in [0, 0.1) is 11.3 Å². The quantitative estimate of drug-likeness (QED) is 0.784. The molecule has 0 aromatic carbocycles. The van der Waals surface area contributed by atoms with E-state index < -0.39 is 0 Å². The van der Waals surface area contributed by atoms with Gasteiger partial charge in [-0.1, -0.05) is 27.7 Å². The summed E-state index contributed by atoms with van der Waals surface area (Å²) in [5.41, 5.74) is 6.27. The molecule has 0 spiro atoms. The van der Waals surface area contributed by atoms with Crippen LogP contribution in [0.4, 0.5) is 0 Å². The maximum Gasteiger partial charge on any atom is 0.221 e. The van der Waals surface area contributed by atoms with E-state index in [1.807, 2.05) is 0 Å². The third-order valence-electron chi connectivity index (χ3n) is 4.54. The molecule has 0 aliphatic carbocycles. The Bertz CT molecular complexity index is 291. The lowest BCUT2D eigenvalue weighted by Crippen LogP contribution is -2.48. The fourth-order valence-electron chi connectivity index (χ4n) is 3.04. The molecule has 0 bridgehead atoms. The van der Waals surface area contributed by atoms with Gasteiger partial charge in [-0.2, -0.15) is 0 Å². The third-order valence-corrected chi connectivity index (χ3v) is 4.54. The van der Waals surface area contributed by atoms with Crippen molar-refractivity contribution in [3.05, 3.63) is 0 Å². The third kappa shape index (κ3) is 5.41. The average Bonchev–Trinajstić information content (AvgIpc) is 2.41. The number of likely N-dealkylation sites (tertiary alicyclic amines) is 1. The van der Waals surface area contributed by atoms with Crippen molar-refractivity contribution in [2.45, 2.75) is 59.4 Å². The minimum absolute atomic E-state index is 0.139. The molecule has 20 heavy (non-hydrogen) atoms. The summed E-state index contributed by atoms with van der Waals surface area (Å²) >= 11 is 0. The van der Waals surface area contributed by atoms with Crippen LogP contribution in [0.5, 0.6) is 0 Å². The topological polar surface area (TPSA) is 58.4 Å². The SMILES string of the molecule is CCCNC(=O)CC(CN)N1CCC(C(C)(C)C)CC1. The highest BCUT2D eigenvalue weighted by Gasteiger charge is 2.31. The van der Waals surface area contributed by atoms with E-state index in [1.54, 1.807) is 0 Å². The molecule has 1 atom stereocenters.